The number of primary amides is 1. The number of carbonyl (C=O) groups excluding carboxylic acids is 1. The van der Waals surface area contributed by atoms with Crippen molar-refractivity contribution in [2.45, 2.75) is 57.3 Å². The van der Waals surface area contributed by atoms with Crippen molar-refractivity contribution in [1.29, 1.82) is 0 Å². The van der Waals surface area contributed by atoms with E-state index in [0.29, 0.717) is 18.1 Å². The molecule has 116 valence electrons. The second kappa shape index (κ2) is 6.41. The quantitative estimate of drug-likeness (QED) is 0.780. The van der Waals surface area contributed by atoms with Gasteiger partial charge in [-0.05, 0) is 52.6 Å². The topological polar surface area (TPSA) is 67.6 Å². The summed E-state index contributed by atoms with van der Waals surface area (Å²) in [4.78, 5) is 14.3. The smallest absolute Gasteiger partial charge is 0.238 e. The molecule has 1 heterocycles. The van der Waals surface area contributed by atoms with Gasteiger partial charge in [-0.1, -0.05) is 6.42 Å². The van der Waals surface area contributed by atoms with Gasteiger partial charge in [-0.2, -0.15) is 0 Å². The molecule has 2 unspecified atom stereocenters. The molecule has 0 spiro atoms. The van der Waals surface area contributed by atoms with Crippen LogP contribution in [0.25, 0.3) is 0 Å². The van der Waals surface area contributed by atoms with E-state index in [4.69, 9.17) is 10.5 Å². The predicted molar refractivity (Wildman–Crippen MR) is 79.4 cm³/mol. The molecule has 0 bridgehead atoms. The lowest BCUT2D eigenvalue weighted by molar-refractivity contribution is -0.126. The third kappa shape index (κ3) is 3.15. The van der Waals surface area contributed by atoms with Gasteiger partial charge in [-0.25, -0.2) is 0 Å². The fourth-order valence-electron chi connectivity index (χ4n) is 4.05. The maximum Gasteiger partial charge on any atom is 0.238 e. The second-order valence-corrected chi connectivity index (χ2v) is 6.48. The Kier molecular flexibility index (Phi) is 5.04. The molecule has 1 saturated carbocycles. The summed E-state index contributed by atoms with van der Waals surface area (Å²) in [6.07, 6.45) is 4.69. The molecule has 1 amide bonds. The molecule has 5 heteroatoms. The van der Waals surface area contributed by atoms with Crippen LogP contribution < -0.4 is 11.1 Å². The molecule has 0 aromatic heterocycles. The summed E-state index contributed by atoms with van der Waals surface area (Å²) < 4.78 is 5.76. The van der Waals surface area contributed by atoms with Crippen LogP contribution in [0.15, 0.2) is 0 Å². The van der Waals surface area contributed by atoms with Gasteiger partial charge in [0.1, 0.15) is 5.54 Å². The van der Waals surface area contributed by atoms with Crippen LogP contribution in [0.5, 0.6) is 0 Å². The van der Waals surface area contributed by atoms with E-state index >= 15 is 0 Å². The van der Waals surface area contributed by atoms with Crippen molar-refractivity contribution in [3.63, 3.8) is 0 Å². The Morgan fingerprint density at radius 3 is 2.60 bits per heavy atom. The van der Waals surface area contributed by atoms with Crippen molar-refractivity contribution >= 4 is 5.91 Å². The van der Waals surface area contributed by atoms with Crippen molar-refractivity contribution in [1.82, 2.24) is 10.2 Å². The number of hydrogen-bond acceptors (Lipinski definition) is 4. The van der Waals surface area contributed by atoms with Gasteiger partial charge >= 0.3 is 0 Å². The van der Waals surface area contributed by atoms with Gasteiger partial charge in [-0.3, -0.25) is 9.69 Å². The number of likely N-dealkylation sites (N-methyl/N-ethyl adjacent to an activating group) is 1. The molecule has 0 aromatic rings. The Labute approximate surface area is 122 Å². The minimum atomic E-state index is -0.483. The minimum Gasteiger partial charge on any atom is -0.373 e. The molecule has 2 fully saturated rings. The number of carbonyl (C=O) groups is 1. The van der Waals surface area contributed by atoms with Crippen LogP contribution in [0.2, 0.25) is 0 Å². The summed E-state index contributed by atoms with van der Waals surface area (Å²) in [6.45, 7) is 7.25. The maximum atomic E-state index is 11.8. The number of rotatable bonds is 5. The van der Waals surface area contributed by atoms with E-state index in [9.17, 15) is 4.79 Å². The summed E-state index contributed by atoms with van der Waals surface area (Å²) >= 11 is 0. The first kappa shape index (κ1) is 15.7. The number of nitrogens with one attached hydrogen (secondary N) is 1. The zero-order valence-corrected chi connectivity index (χ0v) is 13.0. The average molecular weight is 283 g/mol. The third-order valence-corrected chi connectivity index (χ3v) is 5.00. The van der Waals surface area contributed by atoms with Crippen LogP contribution >= 0.6 is 0 Å². The Balaban J connectivity index is 1.91. The van der Waals surface area contributed by atoms with E-state index in [2.05, 4.69) is 24.1 Å². The fourth-order valence-corrected chi connectivity index (χ4v) is 4.05. The summed E-state index contributed by atoms with van der Waals surface area (Å²) in [5.74, 6) is 0.171. The highest BCUT2D eigenvalue weighted by Crippen LogP contribution is 2.37. The molecule has 1 aliphatic heterocycles. The zero-order chi connectivity index (χ0) is 14.8. The summed E-state index contributed by atoms with van der Waals surface area (Å²) in [5.41, 5.74) is 5.17. The molecule has 1 saturated heterocycles. The fraction of sp³-hybridized carbons (Fsp3) is 0.933. The van der Waals surface area contributed by atoms with Crippen molar-refractivity contribution in [3.8, 4) is 0 Å². The van der Waals surface area contributed by atoms with E-state index in [0.717, 1.165) is 45.3 Å². The Hall–Kier alpha value is -0.650. The van der Waals surface area contributed by atoms with Crippen LogP contribution in [0.3, 0.4) is 0 Å². The van der Waals surface area contributed by atoms with Gasteiger partial charge in [0.2, 0.25) is 5.91 Å². The van der Waals surface area contributed by atoms with Gasteiger partial charge < -0.3 is 15.8 Å². The molecule has 20 heavy (non-hydrogen) atoms. The highest BCUT2D eigenvalue weighted by molar-refractivity contribution is 5.85. The number of hydrogen-bond donors (Lipinski definition) is 2. The molecule has 0 radical (unpaired) electrons. The third-order valence-electron chi connectivity index (χ3n) is 5.00. The van der Waals surface area contributed by atoms with Crippen LogP contribution in [0, 0.1) is 5.92 Å². The lowest BCUT2D eigenvalue weighted by atomic mass is 9.84. The highest BCUT2D eigenvalue weighted by atomic mass is 16.5. The Morgan fingerprint density at radius 2 is 2.05 bits per heavy atom. The minimum absolute atomic E-state index is 0.189. The molecule has 1 aliphatic carbocycles. The van der Waals surface area contributed by atoms with Gasteiger partial charge in [0, 0.05) is 13.1 Å². The van der Waals surface area contributed by atoms with Crippen molar-refractivity contribution < 1.29 is 9.53 Å². The number of morpholine rings is 1. The molecule has 4 atom stereocenters. The zero-order valence-electron chi connectivity index (χ0n) is 13.0. The molecular formula is C15H29N3O2. The Morgan fingerprint density at radius 1 is 1.40 bits per heavy atom. The summed E-state index contributed by atoms with van der Waals surface area (Å²) in [6, 6.07) is 0. The number of ether oxygens (including phenoxy) is 1. The monoisotopic (exact) mass is 283 g/mol. The first-order chi connectivity index (χ1) is 9.48. The molecule has 2 rings (SSSR count). The van der Waals surface area contributed by atoms with Gasteiger partial charge in [-0.15, -0.1) is 0 Å². The van der Waals surface area contributed by atoms with Gasteiger partial charge in [0.05, 0.1) is 12.2 Å². The largest absolute Gasteiger partial charge is 0.373 e. The van der Waals surface area contributed by atoms with E-state index in [1.165, 1.54) is 0 Å². The normalized spacial score (nSPS) is 39.0. The van der Waals surface area contributed by atoms with E-state index < -0.39 is 5.54 Å². The molecule has 0 aromatic carbocycles. The predicted octanol–water partition coefficient (Wildman–Crippen LogP) is 0.729. The number of nitrogens with two attached hydrogens (primary N) is 1. The standard InChI is InChI=1S/C15H29N3O2/c1-11-9-18(10-12(2)20-11)8-6-13-5-4-7-15(13,17-3)14(16)19/h11-13,17H,4-10H2,1-3H3,(H2,16,19)/t11-,12+,13?,15?. The van der Waals surface area contributed by atoms with E-state index in [-0.39, 0.29) is 5.91 Å². The first-order valence-corrected chi connectivity index (χ1v) is 7.84. The van der Waals surface area contributed by atoms with E-state index in [1.54, 1.807) is 0 Å². The summed E-state index contributed by atoms with van der Waals surface area (Å²) in [5, 5.41) is 3.21. The first-order valence-electron chi connectivity index (χ1n) is 7.84. The van der Waals surface area contributed by atoms with Crippen LogP contribution in [0.4, 0.5) is 0 Å². The van der Waals surface area contributed by atoms with Crippen molar-refractivity contribution in [2.75, 3.05) is 26.7 Å². The summed E-state index contributed by atoms with van der Waals surface area (Å²) in [7, 11) is 1.86. The molecule has 3 N–H and O–H groups in total. The maximum absolute atomic E-state index is 11.8. The van der Waals surface area contributed by atoms with Gasteiger partial charge in [0.15, 0.2) is 0 Å². The average Bonchev–Trinajstić information content (AvgIpc) is 2.79. The number of nitrogens with zero attached hydrogens (tertiary/aromatic N) is 1. The van der Waals surface area contributed by atoms with Crippen molar-refractivity contribution in [3.05, 3.63) is 0 Å². The Bertz CT molecular complexity index is 340. The highest BCUT2D eigenvalue weighted by Gasteiger charge is 2.46. The lowest BCUT2D eigenvalue weighted by Gasteiger charge is -2.37. The molecule has 2 aliphatic rings. The molecular weight excluding hydrogens is 254 g/mol. The lowest BCUT2D eigenvalue weighted by Crippen LogP contribution is -2.57. The van der Waals surface area contributed by atoms with Crippen LogP contribution in [0.1, 0.15) is 39.5 Å². The second-order valence-electron chi connectivity index (χ2n) is 6.48. The SMILES string of the molecule is CNC1(C(N)=O)CCCC1CCN1C[C@@H](C)O[C@@H](C)C1. The molecule has 5 nitrogen and oxygen atoms in total. The van der Waals surface area contributed by atoms with E-state index in [1.807, 2.05) is 7.05 Å². The number of amides is 1. The van der Waals surface area contributed by atoms with Crippen LogP contribution in [-0.4, -0.2) is 55.2 Å². The van der Waals surface area contributed by atoms with Gasteiger partial charge in [0.25, 0.3) is 0 Å². The van der Waals surface area contributed by atoms with Crippen LogP contribution in [-0.2, 0) is 9.53 Å². The van der Waals surface area contributed by atoms with Crippen molar-refractivity contribution in [2.24, 2.45) is 11.7 Å².